The number of likely N-dealkylation sites (tertiary alicyclic amines) is 1. The van der Waals surface area contributed by atoms with Crippen LogP contribution in [-0.4, -0.2) is 49.6 Å². The molecule has 0 unspecified atom stereocenters. The van der Waals surface area contributed by atoms with Crippen molar-refractivity contribution in [3.8, 4) is 0 Å². The van der Waals surface area contributed by atoms with E-state index in [1.807, 2.05) is 0 Å². The van der Waals surface area contributed by atoms with Crippen LogP contribution in [0.2, 0.25) is 0 Å². The van der Waals surface area contributed by atoms with Gasteiger partial charge in [0.05, 0.1) is 44.6 Å². The van der Waals surface area contributed by atoms with Crippen molar-refractivity contribution in [1.29, 1.82) is 0 Å². The van der Waals surface area contributed by atoms with Crippen LogP contribution in [0.1, 0.15) is 48.5 Å². The van der Waals surface area contributed by atoms with E-state index in [-0.39, 0.29) is 11.5 Å². The third-order valence-corrected chi connectivity index (χ3v) is 5.28. The first-order chi connectivity index (χ1) is 12.4. The number of carbonyl (C=O) groups is 2. The molecule has 1 saturated heterocycles. The molecule has 1 aliphatic rings. The van der Waals surface area contributed by atoms with Crippen molar-refractivity contribution in [2.75, 3.05) is 38.6 Å². The van der Waals surface area contributed by atoms with Crippen LogP contribution in [0.15, 0.2) is 12.1 Å². The molecule has 1 heterocycles. The molecule has 1 aromatic carbocycles. The molecule has 140 valence electrons. The third kappa shape index (κ3) is 4.61. The molecular formula is C20H28N3O3+. The smallest absolute Gasteiger partial charge is 0.338 e. The fourth-order valence-corrected chi connectivity index (χ4v) is 3.70. The number of esters is 1. The molecule has 0 aromatic heterocycles. The minimum atomic E-state index is -0.553. The second kappa shape index (κ2) is 8.81. The summed E-state index contributed by atoms with van der Waals surface area (Å²) < 4.78 is 5.61. The number of nitrogens with zero attached hydrogens (tertiary/aromatic N) is 2. The first-order valence-corrected chi connectivity index (χ1v) is 9.20. The predicted octanol–water partition coefficient (Wildman–Crippen LogP) is 3.68. The molecule has 2 rings (SSSR count). The summed E-state index contributed by atoms with van der Waals surface area (Å²) >= 11 is 0. The monoisotopic (exact) mass is 358 g/mol. The lowest BCUT2D eigenvalue weighted by Crippen LogP contribution is -2.52. The highest BCUT2D eigenvalue weighted by atomic mass is 16.5. The second-order valence-electron chi connectivity index (χ2n) is 7.01. The molecule has 6 nitrogen and oxygen atoms in total. The van der Waals surface area contributed by atoms with Gasteiger partial charge in [-0.15, -0.1) is 0 Å². The van der Waals surface area contributed by atoms with Crippen molar-refractivity contribution in [2.45, 2.75) is 39.5 Å². The zero-order chi connectivity index (χ0) is 19.2. The normalized spacial score (nSPS) is 16.2. The molecule has 0 aliphatic carbocycles. The minimum Gasteiger partial charge on any atom is -0.465 e. The van der Waals surface area contributed by atoms with Gasteiger partial charge in [-0.3, -0.25) is 4.79 Å². The number of methoxy groups -OCH3 is 1. The molecule has 1 amide bonds. The molecule has 0 bridgehead atoms. The number of quaternary nitrogens is 1. The van der Waals surface area contributed by atoms with E-state index in [2.05, 4.69) is 17.1 Å². The predicted molar refractivity (Wildman–Crippen MR) is 101 cm³/mol. The van der Waals surface area contributed by atoms with Crippen molar-refractivity contribution in [3.05, 3.63) is 34.7 Å². The van der Waals surface area contributed by atoms with Crippen LogP contribution in [0.4, 0.5) is 11.4 Å². The Hall–Kier alpha value is -2.39. The highest BCUT2D eigenvalue weighted by Crippen LogP contribution is 2.28. The Labute approximate surface area is 155 Å². The summed E-state index contributed by atoms with van der Waals surface area (Å²) in [5, 5.41) is 2.91. The summed E-state index contributed by atoms with van der Waals surface area (Å²) in [5.74, 6) is -0.652. The maximum Gasteiger partial charge on any atom is 0.338 e. The molecule has 1 aliphatic heterocycles. The molecule has 1 fully saturated rings. The summed E-state index contributed by atoms with van der Waals surface area (Å²) in [6.07, 6.45) is 4.75. The van der Waals surface area contributed by atoms with E-state index in [1.165, 1.54) is 26.0 Å². The molecule has 0 atom stereocenters. The molecule has 0 spiro atoms. The number of benzene rings is 1. The van der Waals surface area contributed by atoms with E-state index in [1.54, 1.807) is 13.0 Å². The van der Waals surface area contributed by atoms with Crippen molar-refractivity contribution in [1.82, 2.24) is 0 Å². The Morgan fingerprint density at radius 3 is 2.42 bits per heavy atom. The van der Waals surface area contributed by atoms with Gasteiger partial charge < -0.3 is 14.5 Å². The Morgan fingerprint density at radius 2 is 1.88 bits per heavy atom. The van der Waals surface area contributed by atoms with Crippen molar-refractivity contribution < 1.29 is 18.8 Å². The van der Waals surface area contributed by atoms with Crippen LogP contribution in [0, 0.1) is 13.5 Å². The van der Waals surface area contributed by atoms with Crippen LogP contribution in [0.25, 0.3) is 4.85 Å². The minimum absolute atomic E-state index is 0.0995. The van der Waals surface area contributed by atoms with Crippen molar-refractivity contribution >= 4 is 23.3 Å². The van der Waals surface area contributed by atoms with Gasteiger partial charge >= 0.3 is 5.97 Å². The number of hydrogen-bond donors (Lipinski definition) is 1. The van der Waals surface area contributed by atoms with E-state index in [4.69, 9.17) is 11.3 Å². The lowest BCUT2D eigenvalue weighted by molar-refractivity contribution is -0.918. The molecule has 26 heavy (non-hydrogen) atoms. The van der Waals surface area contributed by atoms with E-state index in [0.717, 1.165) is 37.0 Å². The fraction of sp³-hybridized carbons (Fsp3) is 0.550. The van der Waals surface area contributed by atoms with Crippen LogP contribution >= 0.6 is 0 Å². The largest absolute Gasteiger partial charge is 0.465 e. The van der Waals surface area contributed by atoms with Gasteiger partial charge in [0.15, 0.2) is 12.2 Å². The van der Waals surface area contributed by atoms with Gasteiger partial charge in [-0.1, -0.05) is 6.07 Å². The zero-order valence-electron chi connectivity index (χ0n) is 15.9. The average molecular weight is 358 g/mol. The van der Waals surface area contributed by atoms with Crippen LogP contribution in [0.5, 0.6) is 0 Å². The number of nitrogens with one attached hydrogen (secondary N) is 1. The molecule has 0 radical (unpaired) electrons. The Bertz CT molecular complexity index is 714. The maximum atomic E-state index is 12.8. The number of hydrogen-bond acceptors (Lipinski definition) is 3. The lowest BCUT2D eigenvalue weighted by atomic mass is 10.1. The lowest BCUT2D eigenvalue weighted by Gasteiger charge is -2.36. The van der Waals surface area contributed by atoms with Gasteiger partial charge in [0.25, 0.3) is 5.91 Å². The van der Waals surface area contributed by atoms with Gasteiger partial charge in [0.2, 0.25) is 0 Å². The highest BCUT2D eigenvalue weighted by Gasteiger charge is 2.30. The molecule has 1 aromatic rings. The van der Waals surface area contributed by atoms with Gasteiger partial charge in [-0.05, 0) is 51.2 Å². The number of anilines is 1. The highest BCUT2D eigenvalue weighted by molar-refractivity contribution is 6.03. The first-order valence-electron chi connectivity index (χ1n) is 9.20. The first kappa shape index (κ1) is 19.9. The second-order valence-corrected chi connectivity index (χ2v) is 7.01. The van der Waals surface area contributed by atoms with Gasteiger partial charge in [0.1, 0.15) is 0 Å². The van der Waals surface area contributed by atoms with E-state index in [0.29, 0.717) is 23.5 Å². The van der Waals surface area contributed by atoms with Gasteiger partial charge in [0, 0.05) is 0 Å². The summed E-state index contributed by atoms with van der Waals surface area (Å²) in [6, 6.07) is 3.14. The number of amides is 1. The van der Waals surface area contributed by atoms with E-state index < -0.39 is 5.97 Å². The Morgan fingerprint density at radius 1 is 1.23 bits per heavy atom. The number of likely N-dealkylation sites (N-methyl/N-ethyl adjacent to an activating group) is 1. The zero-order valence-corrected chi connectivity index (χ0v) is 15.9. The Kier molecular flexibility index (Phi) is 6.76. The summed E-state index contributed by atoms with van der Waals surface area (Å²) in [7, 11) is 1.29. The average Bonchev–Trinajstić information content (AvgIpc) is 2.88. The SMILES string of the molecule is [C-]#[N+]c1cc(C)c(NC(=O)C[N+]2(CC)CCCCCC2)c(C(=O)OC)c1. The van der Waals surface area contributed by atoms with Gasteiger partial charge in [-0.2, -0.15) is 0 Å². The Balaban J connectivity index is 2.25. The molecular weight excluding hydrogens is 330 g/mol. The molecule has 1 N–H and O–H groups in total. The van der Waals surface area contributed by atoms with Crippen LogP contribution in [0.3, 0.4) is 0 Å². The fourth-order valence-electron chi connectivity index (χ4n) is 3.70. The summed E-state index contributed by atoms with van der Waals surface area (Å²) in [5.41, 5.74) is 1.71. The number of carbonyl (C=O) groups excluding carboxylic acids is 2. The van der Waals surface area contributed by atoms with E-state index >= 15 is 0 Å². The quantitative estimate of drug-likeness (QED) is 0.496. The van der Waals surface area contributed by atoms with Crippen molar-refractivity contribution in [2.24, 2.45) is 0 Å². The number of rotatable bonds is 5. The van der Waals surface area contributed by atoms with Crippen LogP contribution in [-0.2, 0) is 9.53 Å². The number of aryl methyl sites for hydroxylation is 1. The van der Waals surface area contributed by atoms with Crippen LogP contribution < -0.4 is 5.32 Å². The maximum absolute atomic E-state index is 12.8. The summed E-state index contributed by atoms with van der Waals surface area (Å²) in [6.45, 7) is 14.5. The molecule has 6 heteroatoms. The van der Waals surface area contributed by atoms with Crippen molar-refractivity contribution in [3.63, 3.8) is 0 Å². The number of ether oxygens (including phenoxy) is 1. The third-order valence-electron chi connectivity index (χ3n) is 5.28. The summed E-state index contributed by atoms with van der Waals surface area (Å²) in [4.78, 5) is 28.3. The standard InChI is InChI=1S/C20H27N3O3/c1-5-23(10-8-6-7-9-11-23)14-18(24)22-19-15(2)12-16(21-3)13-17(19)20(25)26-4/h12-13H,5-11,14H2,1-2,4H3/p+1. The molecule has 0 saturated carbocycles. The van der Waals surface area contributed by atoms with E-state index in [9.17, 15) is 9.59 Å². The topological polar surface area (TPSA) is 59.8 Å². The van der Waals surface area contributed by atoms with Gasteiger partial charge in [-0.25, -0.2) is 9.64 Å².